The Kier molecular flexibility index (Phi) is 3.90. The fraction of sp³-hybridized carbons (Fsp3) is 0.462. The number of hydrogen-bond acceptors (Lipinski definition) is 1. The van der Waals surface area contributed by atoms with Crippen molar-refractivity contribution in [1.82, 2.24) is 0 Å². The number of hydrogen-bond donors (Lipinski definition) is 1. The summed E-state index contributed by atoms with van der Waals surface area (Å²) in [5, 5.41) is 9.41. The monoisotopic (exact) mass is 336 g/mol. The van der Waals surface area contributed by atoms with Crippen LogP contribution in [0, 0.1) is 17.5 Å². The maximum Gasteiger partial charge on any atom is 0.314 e. The zero-order valence-corrected chi connectivity index (χ0v) is 11.6. The third kappa shape index (κ3) is 2.26. The molecule has 0 amide bonds. The number of halogens is 4. The van der Waals surface area contributed by atoms with Crippen molar-refractivity contribution in [3.05, 3.63) is 33.6 Å². The summed E-state index contributed by atoms with van der Waals surface area (Å²) in [4.78, 5) is 11.5. The first-order valence-electron chi connectivity index (χ1n) is 5.97. The summed E-state index contributed by atoms with van der Waals surface area (Å²) in [6, 6.07) is 0.530. The van der Waals surface area contributed by atoms with Gasteiger partial charge in [-0.15, -0.1) is 0 Å². The van der Waals surface area contributed by atoms with E-state index >= 15 is 0 Å². The van der Waals surface area contributed by atoms with Gasteiger partial charge < -0.3 is 5.11 Å². The second kappa shape index (κ2) is 5.15. The van der Waals surface area contributed by atoms with Crippen LogP contribution in [0.25, 0.3) is 0 Å². The lowest BCUT2D eigenvalue weighted by atomic mass is 9.69. The average Bonchev–Trinajstić information content (AvgIpc) is 2.37. The van der Waals surface area contributed by atoms with Crippen LogP contribution >= 0.6 is 15.9 Å². The molecule has 1 aromatic carbocycles. The summed E-state index contributed by atoms with van der Waals surface area (Å²) in [5.74, 6) is -4.62. The molecule has 0 radical (unpaired) electrons. The van der Waals surface area contributed by atoms with E-state index in [4.69, 9.17) is 0 Å². The Morgan fingerprint density at radius 1 is 1.16 bits per heavy atom. The van der Waals surface area contributed by atoms with Gasteiger partial charge in [0.25, 0.3) is 0 Å². The summed E-state index contributed by atoms with van der Waals surface area (Å²) in [6.45, 7) is 0. The summed E-state index contributed by atoms with van der Waals surface area (Å²) in [7, 11) is 0. The number of benzene rings is 1. The van der Waals surface area contributed by atoms with Crippen molar-refractivity contribution in [2.75, 3.05) is 0 Å². The Hall–Kier alpha value is -1.04. The minimum atomic E-state index is -1.59. The molecule has 0 unspecified atom stereocenters. The Bertz CT molecular complexity index is 525. The van der Waals surface area contributed by atoms with Gasteiger partial charge in [0.2, 0.25) is 0 Å². The number of aliphatic carboxylic acids is 1. The van der Waals surface area contributed by atoms with E-state index < -0.39 is 38.9 Å². The van der Waals surface area contributed by atoms with E-state index in [-0.39, 0.29) is 12.8 Å². The number of carboxylic acids is 1. The van der Waals surface area contributed by atoms with Crippen LogP contribution in [0.15, 0.2) is 10.5 Å². The van der Waals surface area contributed by atoms with Crippen LogP contribution in [0.3, 0.4) is 0 Å². The molecule has 0 spiro atoms. The molecule has 0 saturated heterocycles. The Morgan fingerprint density at radius 3 is 2.26 bits per heavy atom. The predicted octanol–water partition coefficient (Wildman–Crippen LogP) is 4.15. The molecule has 0 heterocycles. The minimum Gasteiger partial charge on any atom is -0.481 e. The van der Waals surface area contributed by atoms with Crippen LogP contribution in [0.2, 0.25) is 0 Å². The molecular weight excluding hydrogens is 325 g/mol. The molecule has 0 atom stereocenters. The molecule has 1 aromatic rings. The third-order valence-corrected chi connectivity index (χ3v) is 4.44. The molecule has 19 heavy (non-hydrogen) atoms. The van der Waals surface area contributed by atoms with Crippen molar-refractivity contribution in [1.29, 1.82) is 0 Å². The molecule has 0 bridgehead atoms. The SMILES string of the molecule is O=C(O)C1(c2c(F)cc(F)c(Br)c2F)CCCCC1. The van der Waals surface area contributed by atoms with Gasteiger partial charge in [-0.2, -0.15) is 0 Å². The van der Waals surface area contributed by atoms with Crippen LogP contribution in [-0.4, -0.2) is 11.1 Å². The van der Waals surface area contributed by atoms with E-state index in [2.05, 4.69) is 15.9 Å². The Labute approximate surface area is 116 Å². The second-order valence-electron chi connectivity index (χ2n) is 4.79. The Morgan fingerprint density at radius 2 is 1.74 bits per heavy atom. The highest BCUT2D eigenvalue weighted by Gasteiger charge is 2.46. The van der Waals surface area contributed by atoms with E-state index in [0.717, 1.165) is 6.42 Å². The van der Waals surface area contributed by atoms with Crippen molar-refractivity contribution in [3.63, 3.8) is 0 Å². The number of carbonyl (C=O) groups is 1. The van der Waals surface area contributed by atoms with Gasteiger partial charge in [-0.1, -0.05) is 19.3 Å². The highest BCUT2D eigenvalue weighted by atomic mass is 79.9. The van der Waals surface area contributed by atoms with Gasteiger partial charge in [0.15, 0.2) is 0 Å². The van der Waals surface area contributed by atoms with Crippen LogP contribution in [0.1, 0.15) is 37.7 Å². The summed E-state index contributed by atoms with van der Waals surface area (Å²) < 4.78 is 40.8. The number of rotatable bonds is 2. The second-order valence-corrected chi connectivity index (χ2v) is 5.58. The molecule has 1 aliphatic carbocycles. The molecule has 104 valence electrons. The first-order valence-corrected chi connectivity index (χ1v) is 6.76. The van der Waals surface area contributed by atoms with Crippen LogP contribution in [0.5, 0.6) is 0 Å². The molecule has 2 nitrogen and oxygen atoms in total. The Balaban J connectivity index is 2.67. The minimum absolute atomic E-state index is 0.161. The first kappa shape index (κ1) is 14.4. The van der Waals surface area contributed by atoms with Gasteiger partial charge >= 0.3 is 5.97 Å². The van der Waals surface area contributed by atoms with E-state index in [1.807, 2.05) is 0 Å². The molecule has 0 aromatic heterocycles. The van der Waals surface area contributed by atoms with E-state index in [0.29, 0.717) is 18.9 Å². The average molecular weight is 337 g/mol. The van der Waals surface area contributed by atoms with Gasteiger partial charge in [0, 0.05) is 11.6 Å². The normalized spacial score (nSPS) is 18.3. The summed E-state index contributed by atoms with van der Waals surface area (Å²) in [5.41, 5.74) is -2.13. The van der Waals surface area contributed by atoms with Crippen molar-refractivity contribution in [2.45, 2.75) is 37.5 Å². The first-order chi connectivity index (χ1) is 8.90. The number of carboxylic acid groups (broad SMARTS) is 1. The van der Waals surface area contributed by atoms with Gasteiger partial charge in [-0.05, 0) is 28.8 Å². The van der Waals surface area contributed by atoms with E-state index in [1.165, 1.54) is 0 Å². The van der Waals surface area contributed by atoms with Crippen molar-refractivity contribution < 1.29 is 23.1 Å². The topological polar surface area (TPSA) is 37.3 Å². The smallest absolute Gasteiger partial charge is 0.314 e. The highest BCUT2D eigenvalue weighted by molar-refractivity contribution is 9.10. The summed E-state index contributed by atoms with van der Waals surface area (Å²) >= 11 is 2.69. The molecule has 6 heteroatoms. The molecule has 0 aliphatic heterocycles. The molecular formula is C13H12BrF3O2. The molecule has 1 aliphatic rings. The van der Waals surface area contributed by atoms with E-state index in [1.54, 1.807) is 0 Å². The fourth-order valence-electron chi connectivity index (χ4n) is 2.73. The largest absolute Gasteiger partial charge is 0.481 e. The lowest BCUT2D eigenvalue weighted by molar-refractivity contribution is -0.145. The van der Waals surface area contributed by atoms with Crippen molar-refractivity contribution in [2.24, 2.45) is 0 Å². The standard InChI is InChI=1S/C13H12BrF3O2/c14-10-8(16)6-7(15)9(11(10)17)13(12(18)19)4-2-1-3-5-13/h6H,1-5H2,(H,18,19). The third-order valence-electron chi connectivity index (χ3n) is 3.71. The van der Waals surface area contributed by atoms with Gasteiger partial charge in [-0.3, -0.25) is 4.79 Å². The van der Waals surface area contributed by atoms with Crippen molar-refractivity contribution >= 4 is 21.9 Å². The van der Waals surface area contributed by atoms with Crippen molar-refractivity contribution in [3.8, 4) is 0 Å². The fourth-order valence-corrected chi connectivity index (χ4v) is 3.04. The van der Waals surface area contributed by atoms with Gasteiger partial charge in [0.1, 0.15) is 17.5 Å². The maximum absolute atomic E-state index is 14.1. The van der Waals surface area contributed by atoms with Gasteiger partial charge in [-0.25, -0.2) is 13.2 Å². The van der Waals surface area contributed by atoms with Crippen LogP contribution in [0.4, 0.5) is 13.2 Å². The van der Waals surface area contributed by atoms with Gasteiger partial charge in [0.05, 0.1) is 9.89 Å². The van der Waals surface area contributed by atoms with Crippen LogP contribution in [-0.2, 0) is 10.2 Å². The molecule has 1 fully saturated rings. The summed E-state index contributed by atoms with van der Waals surface area (Å²) in [6.07, 6.45) is 2.32. The maximum atomic E-state index is 14.1. The highest BCUT2D eigenvalue weighted by Crippen LogP contribution is 2.43. The lowest BCUT2D eigenvalue weighted by Gasteiger charge is -2.34. The van der Waals surface area contributed by atoms with E-state index in [9.17, 15) is 23.1 Å². The quantitative estimate of drug-likeness (QED) is 0.650. The zero-order valence-electron chi connectivity index (χ0n) is 9.98. The predicted molar refractivity (Wildman–Crippen MR) is 66.4 cm³/mol. The van der Waals surface area contributed by atoms with Crippen LogP contribution < -0.4 is 0 Å². The molecule has 1 N–H and O–H groups in total. The zero-order chi connectivity index (χ0) is 14.2. The lowest BCUT2D eigenvalue weighted by Crippen LogP contribution is -2.39. The molecule has 2 rings (SSSR count). The molecule has 1 saturated carbocycles.